The zero-order valence-corrected chi connectivity index (χ0v) is 16.0. The Morgan fingerprint density at radius 3 is 2.21 bits per heavy atom. The lowest BCUT2D eigenvalue weighted by molar-refractivity contribution is -0.132. The largest absolute Gasteiger partial charge is 0.388 e. The Morgan fingerprint density at radius 1 is 0.893 bits per heavy atom. The van der Waals surface area contributed by atoms with Crippen molar-refractivity contribution in [2.24, 2.45) is 0 Å². The Morgan fingerprint density at radius 2 is 1.57 bits per heavy atom. The predicted octanol–water partition coefficient (Wildman–Crippen LogP) is 2.15. The number of amides is 1. The highest BCUT2D eigenvalue weighted by Crippen LogP contribution is 2.12. The summed E-state index contributed by atoms with van der Waals surface area (Å²) in [4.78, 5) is 28.0. The van der Waals surface area contributed by atoms with Crippen LogP contribution in [0.25, 0.3) is 6.08 Å². The molecule has 1 heterocycles. The summed E-state index contributed by atoms with van der Waals surface area (Å²) in [5, 5.41) is 8.72. The summed E-state index contributed by atoms with van der Waals surface area (Å²) in [6.07, 6.45) is 3.41. The van der Waals surface area contributed by atoms with Crippen LogP contribution >= 0.6 is 0 Å². The molecule has 0 spiro atoms. The van der Waals surface area contributed by atoms with Gasteiger partial charge in [0.25, 0.3) is 0 Å². The fourth-order valence-corrected chi connectivity index (χ4v) is 3.27. The predicted molar refractivity (Wildman–Crippen MR) is 110 cm³/mol. The molecule has 1 fully saturated rings. The summed E-state index contributed by atoms with van der Waals surface area (Å²) >= 11 is 0. The van der Waals surface area contributed by atoms with Crippen molar-refractivity contribution in [3.05, 3.63) is 77.4 Å². The van der Waals surface area contributed by atoms with Crippen molar-refractivity contribution in [1.29, 1.82) is 0 Å². The lowest BCUT2D eigenvalue weighted by atomic mass is 10.1. The molecule has 0 atom stereocenters. The van der Waals surface area contributed by atoms with E-state index in [-0.39, 0.29) is 11.7 Å². The number of rotatable bonds is 7. The molecule has 146 valence electrons. The molecule has 0 unspecified atom stereocenters. The lowest BCUT2D eigenvalue weighted by Gasteiger charge is -2.34. The van der Waals surface area contributed by atoms with Gasteiger partial charge in [0.15, 0.2) is 5.78 Å². The van der Waals surface area contributed by atoms with Gasteiger partial charge in [0.05, 0.1) is 6.42 Å². The second kappa shape index (κ2) is 9.97. The fraction of sp³-hybridized carbons (Fsp3) is 0.304. The molecule has 0 saturated carbocycles. The van der Waals surface area contributed by atoms with Gasteiger partial charge >= 0.3 is 0 Å². The first-order valence-electron chi connectivity index (χ1n) is 9.59. The van der Waals surface area contributed by atoms with Gasteiger partial charge in [-0.2, -0.15) is 0 Å². The molecule has 1 aliphatic heterocycles. The molecule has 0 aromatic heterocycles. The van der Waals surface area contributed by atoms with Gasteiger partial charge in [0, 0.05) is 32.7 Å². The first kappa shape index (κ1) is 20.0. The van der Waals surface area contributed by atoms with E-state index in [1.807, 2.05) is 35.2 Å². The normalized spacial score (nSPS) is 15.1. The summed E-state index contributed by atoms with van der Waals surface area (Å²) in [5.74, 6) is -0.177. The molecule has 5 heteroatoms. The van der Waals surface area contributed by atoms with E-state index in [9.17, 15) is 9.59 Å². The van der Waals surface area contributed by atoms with Gasteiger partial charge in [-0.25, -0.2) is 0 Å². The Hall–Kier alpha value is -2.76. The van der Waals surface area contributed by atoms with Gasteiger partial charge in [-0.3, -0.25) is 14.5 Å². The maximum Gasteiger partial charge on any atom is 0.227 e. The molecule has 1 amide bonds. The number of hydrogen-bond acceptors (Lipinski definition) is 4. The molecule has 5 nitrogen and oxygen atoms in total. The highest BCUT2D eigenvalue weighted by Gasteiger charge is 2.21. The maximum atomic E-state index is 12.6. The van der Waals surface area contributed by atoms with Crippen LogP contribution in [-0.2, 0) is 22.6 Å². The second-order valence-corrected chi connectivity index (χ2v) is 7.02. The Bertz CT molecular complexity index is 808. The number of piperazine rings is 1. The summed E-state index contributed by atoms with van der Waals surface area (Å²) in [6, 6.07) is 18.0. The van der Waals surface area contributed by atoms with E-state index >= 15 is 0 Å². The number of benzene rings is 2. The van der Waals surface area contributed by atoms with E-state index < -0.39 is 6.61 Å². The van der Waals surface area contributed by atoms with Gasteiger partial charge < -0.3 is 10.0 Å². The van der Waals surface area contributed by atoms with Crippen molar-refractivity contribution in [1.82, 2.24) is 9.80 Å². The topological polar surface area (TPSA) is 60.9 Å². The van der Waals surface area contributed by atoms with Crippen molar-refractivity contribution in [2.75, 3.05) is 32.8 Å². The number of carbonyl (C=O) groups is 2. The van der Waals surface area contributed by atoms with Crippen molar-refractivity contribution >= 4 is 17.8 Å². The lowest BCUT2D eigenvalue weighted by Crippen LogP contribution is -2.48. The van der Waals surface area contributed by atoms with E-state index in [0.717, 1.165) is 43.9 Å². The maximum absolute atomic E-state index is 12.6. The highest BCUT2D eigenvalue weighted by molar-refractivity contribution is 5.94. The zero-order chi connectivity index (χ0) is 19.8. The van der Waals surface area contributed by atoms with Gasteiger partial charge in [-0.15, -0.1) is 0 Å². The minimum Gasteiger partial charge on any atom is -0.388 e. The van der Waals surface area contributed by atoms with Crippen LogP contribution in [0.1, 0.15) is 16.7 Å². The number of nitrogens with zero attached hydrogens (tertiary/aromatic N) is 2. The molecule has 0 bridgehead atoms. The van der Waals surface area contributed by atoms with Crippen molar-refractivity contribution in [3.63, 3.8) is 0 Å². The minimum atomic E-state index is -0.484. The first-order chi connectivity index (χ1) is 13.6. The Kier molecular flexibility index (Phi) is 7.12. The Balaban J connectivity index is 1.46. The third-order valence-corrected chi connectivity index (χ3v) is 4.93. The third kappa shape index (κ3) is 5.87. The van der Waals surface area contributed by atoms with Crippen molar-refractivity contribution in [3.8, 4) is 0 Å². The molecule has 2 aromatic rings. The Labute approximate surface area is 165 Å². The van der Waals surface area contributed by atoms with Crippen molar-refractivity contribution < 1.29 is 14.7 Å². The van der Waals surface area contributed by atoms with Gasteiger partial charge in [-0.05, 0) is 22.8 Å². The molecule has 1 aliphatic rings. The summed E-state index contributed by atoms with van der Waals surface area (Å²) < 4.78 is 0. The van der Waals surface area contributed by atoms with Crippen LogP contribution in [-0.4, -0.2) is 59.4 Å². The van der Waals surface area contributed by atoms with Crippen LogP contribution in [0.4, 0.5) is 0 Å². The van der Waals surface area contributed by atoms with E-state index in [0.29, 0.717) is 6.42 Å². The smallest absolute Gasteiger partial charge is 0.227 e. The highest BCUT2D eigenvalue weighted by atomic mass is 16.3. The van der Waals surface area contributed by atoms with E-state index in [1.54, 1.807) is 6.08 Å². The molecule has 0 radical (unpaired) electrons. The van der Waals surface area contributed by atoms with Crippen LogP contribution in [0.2, 0.25) is 0 Å². The number of aliphatic hydroxyl groups is 1. The molecular formula is C23H26N2O3. The molecule has 28 heavy (non-hydrogen) atoms. The van der Waals surface area contributed by atoms with Crippen LogP contribution < -0.4 is 0 Å². The van der Waals surface area contributed by atoms with E-state index in [1.165, 1.54) is 11.6 Å². The van der Waals surface area contributed by atoms with E-state index in [4.69, 9.17) is 5.11 Å². The number of hydrogen-bond donors (Lipinski definition) is 1. The SMILES string of the molecule is O=C(/C=C/c1ccc(CC(=O)N2CCN(Cc3ccccc3)CC2)cc1)CO. The van der Waals surface area contributed by atoms with Crippen LogP contribution in [0.3, 0.4) is 0 Å². The molecule has 2 aromatic carbocycles. The fourth-order valence-electron chi connectivity index (χ4n) is 3.27. The monoisotopic (exact) mass is 378 g/mol. The molecule has 1 N–H and O–H groups in total. The number of ketones is 1. The molecule has 3 rings (SSSR count). The van der Waals surface area contributed by atoms with Gasteiger partial charge in [0.1, 0.15) is 6.61 Å². The second-order valence-electron chi connectivity index (χ2n) is 7.02. The molecule has 1 saturated heterocycles. The summed E-state index contributed by atoms with van der Waals surface area (Å²) in [7, 11) is 0. The quantitative estimate of drug-likeness (QED) is 0.750. The van der Waals surface area contributed by atoms with Crippen LogP contribution in [0.5, 0.6) is 0 Å². The third-order valence-electron chi connectivity index (χ3n) is 4.93. The molecule has 0 aliphatic carbocycles. The van der Waals surface area contributed by atoms with E-state index in [2.05, 4.69) is 29.2 Å². The van der Waals surface area contributed by atoms with Crippen molar-refractivity contribution in [2.45, 2.75) is 13.0 Å². The van der Waals surface area contributed by atoms with Gasteiger partial charge in [0.2, 0.25) is 5.91 Å². The summed E-state index contributed by atoms with van der Waals surface area (Å²) in [6.45, 7) is 3.75. The van der Waals surface area contributed by atoms with Gasteiger partial charge in [-0.1, -0.05) is 60.7 Å². The number of carbonyl (C=O) groups excluding carboxylic acids is 2. The molecular weight excluding hydrogens is 352 g/mol. The minimum absolute atomic E-state index is 0.151. The van der Waals surface area contributed by atoms with Crippen LogP contribution in [0.15, 0.2) is 60.7 Å². The summed E-state index contributed by atoms with van der Waals surface area (Å²) in [5.41, 5.74) is 3.13. The van der Waals surface area contributed by atoms with Crippen LogP contribution in [0, 0.1) is 0 Å². The average molecular weight is 378 g/mol. The number of aliphatic hydroxyl groups excluding tert-OH is 1. The zero-order valence-electron chi connectivity index (χ0n) is 16.0. The first-order valence-corrected chi connectivity index (χ1v) is 9.59. The standard InChI is InChI=1S/C23H26N2O3/c26-18-22(27)11-10-19-6-8-20(9-7-19)16-23(28)25-14-12-24(13-15-25)17-21-4-2-1-3-5-21/h1-11,26H,12-18H2/b11-10+. The average Bonchev–Trinajstić information content (AvgIpc) is 2.74.